The summed E-state index contributed by atoms with van der Waals surface area (Å²) in [6.45, 7) is 0. The molecule has 104 valence electrons. The van der Waals surface area contributed by atoms with Crippen LogP contribution in [0.2, 0.25) is 5.02 Å². The fraction of sp³-hybridized carbons (Fsp3) is 0.625. The molecule has 0 amide bonds. The summed E-state index contributed by atoms with van der Waals surface area (Å²) in [5.41, 5.74) is 7.41. The van der Waals surface area contributed by atoms with Crippen molar-refractivity contribution in [2.24, 2.45) is 5.73 Å². The van der Waals surface area contributed by atoms with E-state index in [1.807, 2.05) is 18.2 Å². The Bertz CT molecular complexity index is 452. The molecule has 2 N–H and O–H groups in total. The molecule has 1 aliphatic heterocycles. The lowest BCUT2D eigenvalue weighted by molar-refractivity contribution is 0.0113. The van der Waals surface area contributed by atoms with Gasteiger partial charge in [0.1, 0.15) is 11.4 Å². The molecule has 19 heavy (non-hydrogen) atoms. The number of nitrogens with two attached hydrogens (primary N) is 1. The maximum Gasteiger partial charge on any atom is 0.125 e. The number of rotatable bonds is 0. The van der Waals surface area contributed by atoms with Crippen molar-refractivity contribution >= 4 is 11.6 Å². The van der Waals surface area contributed by atoms with Crippen molar-refractivity contribution in [1.29, 1.82) is 0 Å². The smallest absolute Gasteiger partial charge is 0.125 e. The standard InChI is InChI=1S/C16H22ClNO/c17-12-6-7-15-13(10-12)14(18)11-16(19-15)8-4-2-1-3-5-9-16/h6-7,10,14H,1-5,8-9,11,18H2/t14-/m0/s1. The average molecular weight is 280 g/mol. The Morgan fingerprint density at radius 2 is 1.79 bits per heavy atom. The van der Waals surface area contributed by atoms with E-state index in [2.05, 4.69) is 0 Å². The highest BCUT2D eigenvalue weighted by Gasteiger charge is 2.39. The topological polar surface area (TPSA) is 35.2 Å². The zero-order valence-electron chi connectivity index (χ0n) is 11.3. The van der Waals surface area contributed by atoms with Crippen molar-refractivity contribution in [3.8, 4) is 5.75 Å². The van der Waals surface area contributed by atoms with E-state index in [4.69, 9.17) is 22.1 Å². The lowest BCUT2D eigenvalue weighted by Gasteiger charge is -2.42. The summed E-state index contributed by atoms with van der Waals surface area (Å²) < 4.78 is 6.38. The van der Waals surface area contributed by atoms with Gasteiger partial charge in [-0.2, -0.15) is 0 Å². The molecule has 1 aromatic rings. The molecule has 1 aliphatic carbocycles. The molecule has 1 fully saturated rings. The molecule has 0 aromatic heterocycles. The summed E-state index contributed by atoms with van der Waals surface area (Å²) in [6.07, 6.45) is 9.76. The maximum absolute atomic E-state index is 6.38. The number of fused-ring (bicyclic) bond motifs is 1. The first-order valence-electron chi connectivity index (χ1n) is 7.43. The third-order valence-corrected chi connectivity index (χ3v) is 4.79. The molecule has 1 aromatic carbocycles. The van der Waals surface area contributed by atoms with E-state index in [9.17, 15) is 0 Å². The second-order valence-corrected chi connectivity index (χ2v) is 6.48. The van der Waals surface area contributed by atoms with Crippen LogP contribution >= 0.6 is 11.6 Å². The summed E-state index contributed by atoms with van der Waals surface area (Å²) in [4.78, 5) is 0. The van der Waals surface area contributed by atoms with Crippen molar-refractivity contribution in [1.82, 2.24) is 0 Å². The average Bonchev–Trinajstić information content (AvgIpc) is 2.36. The van der Waals surface area contributed by atoms with E-state index in [1.165, 1.54) is 32.1 Å². The van der Waals surface area contributed by atoms with Gasteiger partial charge in [0, 0.05) is 23.0 Å². The summed E-state index contributed by atoms with van der Waals surface area (Å²) in [6, 6.07) is 5.89. The van der Waals surface area contributed by atoms with Crippen LogP contribution in [-0.4, -0.2) is 5.60 Å². The Kier molecular flexibility index (Phi) is 3.72. The Balaban J connectivity index is 1.88. The minimum Gasteiger partial charge on any atom is -0.487 e. The van der Waals surface area contributed by atoms with Crippen molar-refractivity contribution in [2.75, 3.05) is 0 Å². The normalized spacial score (nSPS) is 26.1. The van der Waals surface area contributed by atoms with Gasteiger partial charge in [-0.25, -0.2) is 0 Å². The molecule has 1 saturated carbocycles. The van der Waals surface area contributed by atoms with Crippen LogP contribution in [0.5, 0.6) is 5.75 Å². The lowest BCUT2D eigenvalue weighted by Crippen LogP contribution is -2.43. The zero-order valence-corrected chi connectivity index (χ0v) is 12.1. The van der Waals surface area contributed by atoms with Gasteiger partial charge in [-0.1, -0.05) is 30.9 Å². The number of hydrogen-bond donors (Lipinski definition) is 1. The Labute approximate surface area is 120 Å². The molecule has 1 atom stereocenters. The quantitative estimate of drug-likeness (QED) is 0.753. The van der Waals surface area contributed by atoms with E-state index in [-0.39, 0.29) is 11.6 Å². The van der Waals surface area contributed by atoms with Gasteiger partial charge < -0.3 is 10.5 Å². The Morgan fingerprint density at radius 3 is 2.53 bits per heavy atom. The van der Waals surface area contributed by atoms with Crippen molar-refractivity contribution < 1.29 is 4.74 Å². The van der Waals surface area contributed by atoms with Gasteiger partial charge in [-0.05, 0) is 43.9 Å². The molecule has 3 rings (SSSR count). The molecular weight excluding hydrogens is 258 g/mol. The summed E-state index contributed by atoms with van der Waals surface area (Å²) in [5, 5.41) is 0.742. The predicted octanol–water partition coefficient (Wildman–Crippen LogP) is 4.61. The first kappa shape index (κ1) is 13.3. The van der Waals surface area contributed by atoms with Crippen LogP contribution in [0, 0.1) is 0 Å². The molecular formula is C16H22ClNO. The van der Waals surface area contributed by atoms with E-state index in [0.717, 1.165) is 35.6 Å². The third-order valence-electron chi connectivity index (χ3n) is 4.55. The minimum atomic E-state index is -0.0271. The van der Waals surface area contributed by atoms with Gasteiger partial charge in [0.25, 0.3) is 0 Å². The monoisotopic (exact) mass is 279 g/mol. The van der Waals surface area contributed by atoms with E-state index in [0.29, 0.717) is 0 Å². The highest BCUT2D eigenvalue weighted by Crippen LogP contribution is 2.44. The predicted molar refractivity (Wildman–Crippen MR) is 78.7 cm³/mol. The van der Waals surface area contributed by atoms with E-state index >= 15 is 0 Å². The number of benzene rings is 1. The second-order valence-electron chi connectivity index (χ2n) is 6.05. The highest BCUT2D eigenvalue weighted by atomic mass is 35.5. The first-order chi connectivity index (χ1) is 9.19. The molecule has 1 spiro atoms. The van der Waals surface area contributed by atoms with Gasteiger partial charge in [0.2, 0.25) is 0 Å². The molecule has 1 heterocycles. The van der Waals surface area contributed by atoms with E-state index in [1.54, 1.807) is 0 Å². The van der Waals surface area contributed by atoms with Gasteiger partial charge in [-0.3, -0.25) is 0 Å². The molecule has 2 aliphatic rings. The van der Waals surface area contributed by atoms with Gasteiger partial charge in [-0.15, -0.1) is 0 Å². The Morgan fingerprint density at radius 1 is 1.11 bits per heavy atom. The van der Waals surface area contributed by atoms with Crippen LogP contribution in [0.4, 0.5) is 0 Å². The lowest BCUT2D eigenvalue weighted by atomic mass is 9.79. The molecule has 0 saturated heterocycles. The van der Waals surface area contributed by atoms with Crippen LogP contribution in [0.15, 0.2) is 18.2 Å². The molecule has 0 unspecified atom stereocenters. The minimum absolute atomic E-state index is 0.0271. The largest absolute Gasteiger partial charge is 0.487 e. The molecule has 0 bridgehead atoms. The van der Waals surface area contributed by atoms with Gasteiger partial charge in [0.15, 0.2) is 0 Å². The summed E-state index contributed by atoms with van der Waals surface area (Å²) >= 11 is 6.06. The fourth-order valence-corrected chi connectivity index (χ4v) is 3.72. The second kappa shape index (κ2) is 5.34. The van der Waals surface area contributed by atoms with Crippen LogP contribution in [0.25, 0.3) is 0 Å². The molecule has 0 radical (unpaired) electrons. The van der Waals surface area contributed by atoms with Crippen molar-refractivity contribution in [3.05, 3.63) is 28.8 Å². The summed E-state index contributed by atoms with van der Waals surface area (Å²) in [7, 11) is 0. The molecule has 2 nitrogen and oxygen atoms in total. The molecule has 3 heteroatoms. The highest BCUT2D eigenvalue weighted by molar-refractivity contribution is 6.30. The van der Waals surface area contributed by atoms with E-state index < -0.39 is 0 Å². The van der Waals surface area contributed by atoms with Crippen LogP contribution in [0.3, 0.4) is 0 Å². The van der Waals surface area contributed by atoms with Gasteiger partial charge in [0.05, 0.1) is 0 Å². The SMILES string of the molecule is N[C@H]1CC2(CCCCCCC2)Oc2ccc(Cl)cc21. The van der Waals surface area contributed by atoms with Crippen LogP contribution < -0.4 is 10.5 Å². The van der Waals surface area contributed by atoms with Gasteiger partial charge >= 0.3 is 0 Å². The summed E-state index contributed by atoms with van der Waals surface area (Å²) in [5.74, 6) is 0.948. The van der Waals surface area contributed by atoms with Crippen molar-refractivity contribution in [3.63, 3.8) is 0 Å². The van der Waals surface area contributed by atoms with Crippen molar-refractivity contribution in [2.45, 2.75) is 63.0 Å². The van der Waals surface area contributed by atoms with Crippen LogP contribution in [-0.2, 0) is 0 Å². The fourth-order valence-electron chi connectivity index (χ4n) is 3.54. The number of halogens is 1. The zero-order chi connectivity index (χ0) is 13.3. The third kappa shape index (κ3) is 2.75. The number of ether oxygens (including phenoxy) is 1. The van der Waals surface area contributed by atoms with Crippen LogP contribution in [0.1, 0.15) is 63.0 Å². The first-order valence-corrected chi connectivity index (χ1v) is 7.80. The number of hydrogen-bond acceptors (Lipinski definition) is 2. The maximum atomic E-state index is 6.38. The Hall–Kier alpha value is -0.730.